The first-order chi connectivity index (χ1) is 6.33. The van der Waals surface area contributed by atoms with Crippen LogP contribution in [0.3, 0.4) is 0 Å². The van der Waals surface area contributed by atoms with Crippen molar-refractivity contribution in [2.45, 2.75) is 13.5 Å². The summed E-state index contributed by atoms with van der Waals surface area (Å²) in [5.74, 6) is 1.60. The third kappa shape index (κ3) is 2.12. The second-order valence-corrected chi connectivity index (χ2v) is 2.63. The quantitative estimate of drug-likeness (QED) is 0.750. The zero-order valence-electron chi connectivity index (χ0n) is 8.17. The molecule has 0 spiro atoms. The first kappa shape index (κ1) is 9.86. The highest BCUT2D eigenvalue weighted by atomic mass is 16.5. The van der Waals surface area contributed by atoms with Crippen molar-refractivity contribution >= 4 is 0 Å². The van der Waals surface area contributed by atoms with Gasteiger partial charge < -0.3 is 15.2 Å². The molecular formula is C10H16NO2+. The van der Waals surface area contributed by atoms with Crippen LogP contribution >= 0.6 is 0 Å². The van der Waals surface area contributed by atoms with Gasteiger partial charge in [0.05, 0.1) is 19.3 Å². The molecule has 0 aliphatic heterocycles. The molecule has 0 radical (unpaired) electrons. The minimum absolute atomic E-state index is 0.646. The van der Waals surface area contributed by atoms with Crippen molar-refractivity contribution in [3.8, 4) is 11.5 Å². The highest BCUT2D eigenvalue weighted by molar-refractivity contribution is 5.46. The Morgan fingerprint density at radius 1 is 1.38 bits per heavy atom. The third-order valence-corrected chi connectivity index (χ3v) is 1.84. The Kier molecular flexibility index (Phi) is 3.58. The van der Waals surface area contributed by atoms with E-state index in [0.717, 1.165) is 17.1 Å². The molecule has 0 aromatic heterocycles. The van der Waals surface area contributed by atoms with Crippen LogP contribution in [0.2, 0.25) is 0 Å². The Morgan fingerprint density at radius 2 is 2.15 bits per heavy atom. The maximum absolute atomic E-state index is 5.48. The van der Waals surface area contributed by atoms with Gasteiger partial charge in [-0.2, -0.15) is 0 Å². The molecule has 0 aliphatic rings. The zero-order valence-corrected chi connectivity index (χ0v) is 8.17. The maximum atomic E-state index is 5.48. The Labute approximate surface area is 78.5 Å². The van der Waals surface area contributed by atoms with E-state index in [4.69, 9.17) is 9.47 Å². The number of benzene rings is 1. The Balaban J connectivity index is 3.05. The average Bonchev–Trinajstić information content (AvgIpc) is 2.18. The second-order valence-electron chi connectivity index (χ2n) is 2.63. The summed E-state index contributed by atoms with van der Waals surface area (Å²) >= 11 is 0. The lowest BCUT2D eigenvalue weighted by Crippen LogP contribution is -2.47. The van der Waals surface area contributed by atoms with Crippen molar-refractivity contribution < 1.29 is 15.2 Å². The van der Waals surface area contributed by atoms with Crippen molar-refractivity contribution in [2.75, 3.05) is 13.7 Å². The standard InChI is InChI=1S/C10H15NO2/c1-3-13-10-8(7-11)5-4-6-9(10)12-2/h4-6H,3,7,11H2,1-2H3/p+1. The van der Waals surface area contributed by atoms with Crippen LogP contribution in [0, 0.1) is 0 Å². The van der Waals surface area contributed by atoms with E-state index in [1.807, 2.05) is 25.1 Å². The van der Waals surface area contributed by atoms with Crippen molar-refractivity contribution in [2.24, 2.45) is 0 Å². The minimum Gasteiger partial charge on any atom is -0.493 e. The smallest absolute Gasteiger partial charge is 0.169 e. The predicted octanol–water partition coefficient (Wildman–Crippen LogP) is 0.836. The van der Waals surface area contributed by atoms with Crippen LogP contribution in [0.15, 0.2) is 18.2 Å². The molecule has 0 saturated carbocycles. The van der Waals surface area contributed by atoms with E-state index in [-0.39, 0.29) is 0 Å². The summed E-state index contributed by atoms with van der Waals surface area (Å²) in [6.07, 6.45) is 0. The van der Waals surface area contributed by atoms with Crippen LogP contribution in [0.1, 0.15) is 12.5 Å². The summed E-state index contributed by atoms with van der Waals surface area (Å²) in [5.41, 5.74) is 4.92. The first-order valence-electron chi connectivity index (χ1n) is 4.41. The molecule has 0 unspecified atom stereocenters. The van der Waals surface area contributed by atoms with Gasteiger partial charge in [-0.05, 0) is 19.1 Å². The predicted molar refractivity (Wildman–Crippen MR) is 50.8 cm³/mol. The van der Waals surface area contributed by atoms with E-state index < -0.39 is 0 Å². The summed E-state index contributed by atoms with van der Waals surface area (Å²) in [4.78, 5) is 0. The Hall–Kier alpha value is -1.22. The molecule has 0 bridgehead atoms. The van der Waals surface area contributed by atoms with E-state index in [1.54, 1.807) is 7.11 Å². The molecule has 3 nitrogen and oxygen atoms in total. The van der Waals surface area contributed by atoms with Gasteiger partial charge in [0.25, 0.3) is 0 Å². The summed E-state index contributed by atoms with van der Waals surface area (Å²) in [5, 5.41) is 0. The molecule has 72 valence electrons. The summed E-state index contributed by atoms with van der Waals surface area (Å²) in [7, 11) is 1.64. The van der Waals surface area contributed by atoms with Gasteiger partial charge in [-0.15, -0.1) is 0 Å². The fourth-order valence-corrected chi connectivity index (χ4v) is 1.23. The SMILES string of the molecule is CCOc1c(C[NH3+])cccc1OC. The van der Waals surface area contributed by atoms with Crippen molar-refractivity contribution in [1.82, 2.24) is 0 Å². The first-order valence-corrected chi connectivity index (χ1v) is 4.41. The van der Waals surface area contributed by atoms with Gasteiger partial charge in [0, 0.05) is 0 Å². The largest absolute Gasteiger partial charge is 0.493 e. The Morgan fingerprint density at radius 3 is 2.69 bits per heavy atom. The van der Waals surface area contributed by atoms with Crippen LogP contribution in [0.4, 0.5) is 0 Å². The van der Waals surface area contributed by atoms with Crippen LogP contribution in [0.25, 0.3) is 0 Å². The van der Waals surface area contributed by atoms with Gasteiger partial charge in [-0.1, -0.05) is 6.07 Å². The summed E-state index contributed by atoms with van der Waals surface area (Å²) in [6.45, 7) is 3.32. The lowest BCUT2D eigenvalue weighted by atomic mass is 10.2. The summed E-state index contributed by atoms with van der Waals surface area (Å²) in [6, 6.07) is 5.84. The Bertz CT molecular complexity index is 251. The molecule has 1 rings (SSSR count). The molecule has 0 amide bonds. The molecule has 3 N–H and O–H groups in total. The topological polar surface area (TPSA) is 46.1 Å². The lowest BCUT2D eigenvalue weighted by Gasteiger charge is -2.11. The highest BCUT2D eigenvalue weighted by Crippen LogP contribution is 2.30. The molecule has 0 atom stereocenters. The number of rotatable bonds is 4. The second kappa shape index (κ2) is 4.72. The summed E-state index contributed by atoms with van der Waals surface area (Å²) < 4.78 is 10.7. The fourth-order valence-electron chi connectivity index (χ4n) is 1.23. The van der Waals surface area contributed by atoms with Crippen LogP contribution in [-0.4, -0.2) is 13.7 Å². The average molecular weight is 182 g/mol. The normalized spacial score (nSPS) is 9.77. The number of hydrogen-bond acceptors (Lipinski definition) is 2. The molecule has 0 aliphatic carbocycles. The number of hydrogen-bond donors (Lipinski definition) is 1. The minimum atomic E-state index is 0.646. The molecule has 3 heteroatoms. The van der Waals surface area contributed by atoms with Gasteiger partial charge in [0.1, 0.15) is 6.54 Å². The van der Waals surface area contributed by atoms with Crippen LogP contribution < -0.4 is 15.2 Å². The van der Waals surface area contributed by atoms with Gasteiger partial charge >= 0.3 is 0 Å². The van der Waals surface area contributed by atoms with E-state index in [1.165, 1.54) is 0 Å². The van der Waals surface area contributed by atoms with Gasteiger partial charge in [-0.25, -0.2) is 0 Å². The molecular weight excluding hydrogens is 166 g/mol. The molecule has 1 aromatic rings. The zero-order chi connectivity index (χ0) is 9.68. The van der Waals surface area contributed by atoms with Gasteiger partial charge in [-0.3, -0.25) is 0 Å². The van der Waals surface area contributed by atoms with E-state index in [0.29, 0.717) is 13.2 Å². The van der Waals surface area contributed by atoms with E-state index in [9.17, 15) is 0 Å². The molecule has 0 fully saturated rings. The third-order valence-electron chi connectivity index (χ3n) is 1.84. The molecule has 1 aromatic carbocycles. The monoisotopic (exact) mass is 182 g/mol. The highest BCUT2D eigenvalue weighted by Gasteiger charge is 2.09. The molecule has 0 heterocycles. The molecule has 13 heavy (non-hydrogen) atoms. The number of para-hydroxylation sites is 1. The molecule has 0 saturated heterocycles. The van der Waals surface area contributed by atoms with Crippen LogP contribution in [0.5, 0.6) is 11.5 Å². The van der Waals surface area contributed by atoms with Gasteiger partial charge in [0.15, 0.2) is 11.5 Å². The number of methoxy groups -OCH3 is 1. The number of quaternary nitrogens is 1. The lowest BCUT2D eigenvalue weighted by molar-refractivity contribution is -0.386. The van der Waals surface area contributed by atoms with Gasteiger partial charge in [0.2, 0.25) is 0 Å². The number of ether oxygens (including phenoxy) is 2. The van der Waals surface area contributed by atoms with E-state index >= 15 is 0 Å². The van der Waals surface area contributed by atoms with Crippen molar-refractivity contribution in [1.29, 1.82) is 0 Å². The fraction of sp³-hybridized carbons (Fsp3) is 0.400. The maximum Gasteiger partial charge on any atom is 0.169 e. The van der Waals surface area contributed by atoms with Crippen molar-refractivity contribution in [3.05, 3.63) is 23.8 Å². The van der Waals surface area contributed by atoms with Crippen molar-refractivity contribution in [3.63, 3.8) is 0 Å². The van der Waals surface area contributed by atoms with E-state index in [2.05, 4.69) is 5.73 Å². The van der Waals surface area contributed by atoms with Crippen LogP contribution in [-0.2, 0) is 6.54 Å².